The van der Waals surface area contributed by atoms with Gasteiger partial charge in [-0.05, 0) is 18.2 Å². The van der Waals surface area contributed by atoms with Gasteiger partial charge in [0, 0.05) is 10.8 Å². The molecule has 2 N–H and O–H groups in total. The van der Waals surface area contributed by atoms with Gasteiger partial charge in [0.1, 0.15) is 10.6 Å². The second-order valence-corrected chi connectivity index (χ2v) is 6.19. The van der Waals surface area contributed by atoms with Gasteiger partial charge in [0.15, 0.2) is 0 Å². The standard InChI is InChI=1S/C16H12N2O4S/c19-16-13-9-5-4-8-12(13)14(10-15(16)23(20,21)22)18-17-11-6-2-1-3-7-11/h1-10,19H,(H,20,21,22). The lowest BCUT2D eigenvalue weighted by molar-refractivity contribution is 0.448. The maximum Gasteiger partial charge on any atom is 0.298 e. The van der Waals surface area contributed by atoms with Crippen LogP contribution in [0.25, 0.3) is 10.8 Å². The normalized spacial score (nSPS) is 12.0. The van der Waals surface area contributed by atoms with E-state index in [1.165, 1.54) is 0 Å². The van der Waals surface area contributed by atoms with Gasteiger partial charge in [0.25, 0.3) is 10.1 Å². The van der Waals surface area contributed by atoms with Crippen molar-refractivity contribution in [3.63, 3.8) is 0 Å². The second-order valence-electron chi connectivity index (χ2n) is 4.80. The Bertz CT molecular complexity index is 999. The molecule has 3 aromatic carbocycles. The fourth-order valence-corrected chi connectivity index (χ4v) is 2.82. The molecule has 0 aliphatic carbocycles. The highest BCUT2D eigenvalue weighted by atomic mass is 32.2. The molecule has 0 saturated heterocycles. The van der Waals surface area contributed by atoms with Crippen molar-refractivity contribution in [2.45, 2.75) is 4.90 Å². The zero-order valence-electron chi connectivity index (χ0n) is 11.8. The Balaban J connectivity index is 2.24. The van der Waals surface area contributed by atoms with Crippen molar-refractivity contribution in [1.29, 1.82) is 0 Å². The molecule has 23 heavy (non-hydrogen) atoms. The van der Waals surface area contributed by atoms with E-state index in [2.05, 4.69) is 10.2 Å². The Labute approximate surface area is 132 Å². The molecule has 0 radical (unpaired) electrons. The maximum absolute atomic E-state index is 11.4. The van der Waals surface area contributed by atoms with E-state index in [1.54, 1.807) is 48.5 Å². The highest BCUT2D eigenvalue weighted by Crippen LogP contribution is 2.38. The Kier molecular flexibility index (Phi) is 3.81. The van der Waals surface area contributed by atoms with Gasteiger partial charge in [0.2, 0.25) is 0 Å². The van der Waals surface area contributed by atoms with Crippen molar-refractivity contribution in [2.75, 3.05) is 0 Å². The molecule has 0 saturated carbocycles. The number of hydrogen-bond donors (Lipinski definition) is 2. The molecule has 0 spiro atoms. The summed E-state index contributed by atoms with van der Waals surface area (Å²) in [7, 11) is -4.58. The lowest BCUT2D eigenvalue weighted by atomic mass is 10.1. The number of benzene rings is 3. The van der Waals surface area contributed by atoms with Crippen molar-refractivity contribution in [3.8, 4) is 5.75 Å². The third-order valence-corrected chi connectivity index (χ3v) is 4.13. The quantitative estimate of drug-likeness (QED) is 0.555. The number of azo groups is 1. The van der Waals surface area contributed by atoms with Gasteiger partial charge in [-0.3, -0.25) is 4.55 Å². The zero-order valence-corrected chi connectivity index (χ0v) is 12.6. The molecule has 0 aromatic heterocycles. The molecular formula is C16H12N2O4S. The number of phenolic OH excluding ortho intramolecular Hbond substituents is 1. The summed E-state index contributed by atoms with van der Waals surface area (Å²) in [4.78, 5) is -0.599. The number of nitrogens with zero attached hydrogens (tertiary/aromatic N) is 2. The van der Waals surface area contributed by atoms with Crippen LogP contribution in [-0.4, -0.2) is 18.1 Å². The molecule has 116 valence electrons. The molecular weight excluding hydrogens is 316 g/mol. The predicted molar refractivity (Wildman–Crippen MR) is 86.0 cm³/mol. The number of hydrogen-bond acceptors (Lipinski definition) is 5. The topological polar surface area (TPSA) is 99.3 Å². The molecule has 7 heteroatoms. The highest BCUT2D eigenvalue weighted by molar-refractivity contribution is 7.86. The number of fused-ring (bicyclic) bond motifs is 1. The van der Waals surface area contributed by atoms with Gasteiger partial charge in [-0.2, -0.15) is 13.5 Å². The van der Waals surface area contributed by atoms with E-state index in [0.29, 0.717) is 11.1 Å². The maximum atomic E-state index is 11.4. The van der Waals surface area contributed by atoms with Crippen molar-refractivity contribution in [1.82, 2.24) is 0 Å². The van der Waals surface area contributed by atoms with Gasteiger partial charge in [-0.15, -0.1) is 5.11 Å². The van der Waals surface area contributed by atoms with Crippen LogP contribution in [-0.2, 0) is 10.1 Å². The van der Waals surface area contributed by atoms with E-state index in [1.807, 2.05) is 6.07 Å². The monoisotopic (exact) mass is 328 g/mol. The SMILES string of the molecule is O=S(=O)(O)c1cc(N=Nc2ccccc2)c2ccccc2c1O. The summed E-state index contributed by atoms with van der Waals surface area (Å²) >= 11 is 0. The minimum Gasteiger partial charge on any atom is -0.506 e. The van der Waals surface area contributed by atoms with Crippen LogP contribution in [0.15, 0.2) is 75.8 Å². The predicted octanol–water partition coefficient (Wildman–Crippen LogP) is 4.21. The van der Waals surface area contributed by atoms with Crippen LogP contribution in [0.5, 0.6) is 5.75 Å². The average molecular weight is 328 g/mol. The molecule has 3 aromatic rings. The third kappa shape index (κ3) is 3.05. The lowest BCUT2D eigenvalue weighted by Crippen LogP contribution is -1.98. The van der Waals surface area contributed by atoms with Crippen molar-refractivity contribution >= 4 is 32.3 Å². The minimum atomic E-state index is -4.58. The van der Waals surface area contributed by atoms with Crippen LogP contribution in [0.2, 0.25) is 0 Å². The van der Waals surface area contributed by atoms with Crippen molar-refractivity contribution in [3.05, 3.63) is 60.7 Å². The van der Waals surface area contributed by atoms with Crippen molar-refractivity contribution in [2.24, 2.45) is 10.2 Å². The fraction of sp³-hybridized carbons (Fsp3) is 0. The largest absolute Gasteiger partial charge is 0.506 e. The number of phenols is 1. The van der Waals surface area contributed by atoms with Gasteiger partial charge in [-0.1, -0.05) is 42.5 Å². The highest BCUT2D eigenvalue weighted by Gasteiger charge is 2.20. The first-order chi connectivity index (χ1) is 11.0. The van der Waals surface area contributed by atoms with E-state index < -0.39 is 20.8 Å². The fourth-order valence-electron chi connectivity index (χ4n) is 2.20. The van der Waals surface area contributed by atoms with Gasteiger partial charge >= 0.3 is 0 Å². The molecule has 0 bridgehead atoms. The molecule has 0 atom stereocenters. The van der Waals surface area contributed by atoms with Crippen LogP contribution in [0.4, 0.5) is 11.4 Å². The Morgan fingerprint density at radius 1 is 0.826 bits per heavy atom. The van der Waals surface area contributed by atoms with Crippen LogP contribution in [0.3, 0.4) is 0 Å². The molecule has 0 amide bonds. The smallest absolute Gasteiger partial charge is 0.298 e. The molecule has 6 nitrogen and oxygen atoms in total. The van der Waals surface area contributed by atoms with Gasteiger partial charge in [0.05, 0.1) is 11.4 Å². The summed E-state index contributed by atoms with van der Waals surface area (Å²) in [6, 6.07) is 16.6. The molecule has 0 aliphatic heterocycles. The summed E-state index contributed by atoms with van der Waals surface area (Å²) in [5, 5.41) is 19.0. The molecule has 0 unspecified atom stereocenters. The number of aromatic hydroxyl groups is 1. The van der Waals surface area contributed by atoms with E-state index in [0.717, 1.165) is 6.07 Å². The van der Waals surface area contributed by atoms with E-state index in [9.17, 15) is 18.1 Å². The van der Waals surface area contributed by atoms with Gasteiger partial charge < -0.3 is 5.11 Å². The van der Waals surface area contributed by atoms with Crippen molar-refractivity contribution < 1.29 is 18.1 Å². The molecule has 0 fully saturated rings. The van der Waals surface area contributed by atoms with E-state index in [-0.39, 0.29) is 11.1 Å². The summed E-state index contributed by atoms with van der Waals surface area (Å²) in [6.45, 7) is 0. The van der Waals surface area contributed by atoms with Crippen LogP contribution >= 0.6 is 0 Å². The van der Waals surface area contributed by atoms with E-state index >= 15 is 0 Å². The lowest BCUT2D eigenvalue weighted by Gasteiger charge is -2.08. The van der Waals surface area contributed by atoms with E-state index in [4.69, 9.17) is 0 Å². The summed E-state index contributed by atoms with van der Waals surface area (Å²) in [6.07, 6.45) is 0. The first-order valence-corrected chi connectivity index (χ1v) is 8.10. The molecule has 3 rings (SSSR count). The Hall–Kier alpha value is -2.77. The molecule has 0 heterocycles. The summed E-state index contributed by atoms with van der Waals surface area (Å²) in [5.41, 5.74) is 0.827. The average Bonchev–Trinajstić information content (AvgIpc) is 2.54. The Morgan fingerprint density at radius 3 is 2.09 bits per heavy atom. The first-order valence-electron chi connectivity index (χ1n) is 6.66. The molecule has 0 aliphatic rings. The first kappa shape index (κ1) is 15.1. The van der Waals surface area contributed by atoms with Crippen LogP contribution < -0.4 is 0 Å². The second kappa shape index (κ2) is 5.79. The van der Waals surface area contributed by atoms with Crippen LogP contribution in [0, 0.1) is 0 Å². The van der Waals surface area contributed by atoms with Gasteiger partial charge in [-0.25, -0.2) is 0 Å². The summed E-state index contributed by atoms with van der Waals surface area (Å²) in [5.74, 6) is -0.512. The third-order valence-electron chi connectivity index (χ3n) is 3.27. The van der Waals surface area contributed by atoms with Crippen LogP contribution in [0.1, 0.15) is 0 Å². The number of rotatable bonds is 3. The zero-order chi connectivity index (χ0) is 16.4. The Morgan fingerprint density at radius 2 is 1.43 bits per heavy atom. The minimum absolute atomic E-state index is 0.231. The summed E-state index contributed by atoms with van der Waals surface area (Å²) < 4.78 is 32.2.